The summed E-state index contributed by atoms with van der Waals surface area (Å²) in [6.45, 7) is 1.46. The van der Waals surface area contributed by atoms with Crippen molar-refractivity contribution in [2.45, 2.75) is 13.1 Å². The van der Waals surface area contributed by atoms with E-state index in [1.54, 1.807) is 0 Å². The molecule has 0 unspecified atom stereocenters. The monoisotopic (exact) mass is 304 g/mol. The predicted molar refractivity (Wildman–Crippen MR) is 80.6 cm³/mol. The van der Waals surface area contributed by atoms with E-state index in [4.69, 9.17) is 5.73 Å². The first kappa shape index (κ1) is 13.1. The molecule has 2 nitrogen and oxygen atoms in total. The molecule has 0 saturated carbocycles. The molecule has 0 aliphatic heterocycles. The lowest BCUT2D eigenvalue weighted by Crippen LogP contribution is -2.17. The smallest absolute Gasteiger partial charge is 0.0511 e. The molecule has 0 bridgehead atoms. The van der Waals surface area contributed by atoms with Crippen molar-refractivity contribution in [1.82, 2.24) is 0 Å². The Kier molecular flexibility index (Phi) is 4.39. The summed E-state index contributed by atoms with van der Waals surface area (Å²) < 4.78 is 1.11. The number of nitrogens with two attached hydrogens (primary N) is 1. The Morgan fingerprint density at radius 1 is 1.06 bits per heavy atom. The third-order valence-corrected chi connectivity index (χ3v) is 3.58. The predicted octanol–water partition coefficient (Wildman–Crippen LogP) is 3.54. The number of halogens is 1. The van der Waals surface area contributed by atoms with E-state index in [1.807, 2.05) is 12.1 Å². The lowest BCUT2D eigenvalue weighted by Gasteiger charge is -2.21. The number of anilines is 1. The van der Waals surface area contributed by atoms with Crippen LogP contribution in [0.5, 0.6) is 0 Å². The molecule has 0 aliphatic rings. The third kappa shape index (κ3) is 3.12. The van der Waals surface area contributed by atoms with Gasteiger partial charge in [0.2, 0.25) is 0 Å². The molecule has 0 radical (unpaired) electrons. The summed E-state index contributed by atoms with van der Waals surface area (Å²) in [7, 11) is 2.09. The topological polar surface area (TPSA) is 29.3 Å². The zero-order valence-corrected chi connectivity index (χ0v) is 12.0. The highest BCUT2D eigenvalue weighted by Crippen LogP contribution is 2.25. The molecule has 0 aliphatic carbocycles. The van der Waals surface area contributed by atoms with Gasteiger partial charge in [-0.1, -0.05) is 36.4 Å². The summed E-state index contributed by atoms with van der Waals surface area (Å²) in [6.07, 6.45) is 0. The Balaban J connectivity index is 2.16. The van der Waals surface area contributed by atoms with E-state index in [1.165, 1.54) is 16.8 Å². The van der Waals surface area contributed by atoms with Crippen molar-refractivity contribution in [2.24, 2.45) is 5.73 Å². The van der Waals surface area contributed by atoms with E-state index in [0.717, 1.165) is 11.0 Å². The summed E-state index contributed by atoms with van der Waals surface area (Å²) in [5.41, 5.74) is 9.30. The third-order valence-electron chi connectivity index (χ3n) is 2.91. The Hall–Kier alpha value is -1.32. The lowest BCUT2D eigenvalue weighted by atomic mass is 10.1. The van der Waals surface area contributed by atoms with E-state index in [2.05, 4.69) is 64.3 Å². The fourth-order valence-electron chi connectivity index (χ4n) is 1.98. The normalized spacial score (nSPS) is 10.4. The Labute approximate surface area is 117 Å². The van der Waals surface area contributed by atoms with Crippen LogP contribution in [0.1, 0.15) is 11.1 Å². The van der Waals surface area contributed by atoms with E-state index < -0.39 is 0 Å². The molecule has 0 aromatic heterocycles. The zero-order valence-electron chi connectivity index (χ0n) is 10.4. The number of para-hydroxylation sites is 1. The minimum absolute atomic E-state index is 0.590. The highest BCUT2D eigenvalue weighted by Gasteiger charge is 2.05. The van der Waals surface area contributed by atoms with Gasteiger partial charge in [-0.2, -0.15) is 0 Å². The van der Waals surface area contributed by atoms with Gasteiger partial charge in [-0.05, 0) is 39.2 Å². The largest absolute Gasteiger partial charge is 0.369 e. The molecule has 0 spiro atoms. The highest BCUT2D eigenvalue weighted by molar-refractivity contribution is 9.10. The average molecular weight is 305 g/mol. The lowest BCUT2D eigenvalue weighted by molar-refractivity contribution is 0.914. The van der Waals surface area contributed by atoms with Crippen LogP contribution in [0.4, 0.5) is 5.69 Å². The molecule has 18 heavy (non-hydrogen) atoms. The number of nitrogens with zero attached hydrogens (tertiary/aromatic N) is 1. The first-order chi connectivity index (χ1) is 8.70. The summed E-state index contributed by atoms with van der Waals surface area (Å²) in [4.78, 5) is 2.22. The van der Waals surface area contributed by atoms with Gasteiger partial charge in [0.05, 0.1) is 5.69 Å². The van der Waals surface area contributed by atoms with Crippen LogP contribution in [0.15, 0.2) is 53.0 Å². The van der Waals surface area contributed by atoms with E-state index in [9.17, 15) is 0 Å². The van der Waals surface area contributed by atoms with Crippen LogP contribution in [0.2, 0.25) is 0 Å². The molecular formula is C15H17BrN2. The molecule has 0 atom stereocenters. The van der Waals surface area contributed by atoms with Crippen LogP contribution >= 0.6 is 15.9 Å². The number of hydrogen-bond donors (Lipinski definition) is 1. The van der Waals surface area contributed by atoms with Gasteiger partial charge in [0.15, 0.2) is 0 Å². The molecule has 2 aromatic carbocycles. The van der Waals surface area contributed by atoms with E-state index in [0.29, 0.717) is 6.54 Å². The SMILES string of the molecule is CN(Cc1cccc(CN)c1)c1ccccc1Br. The van der Waals surface area contributed by atoms with Crippen molar-refractivity contribution in [3.8, 4) is 0 Å². The van der Waals surface area contributed by atoms with Gasteiger partial charge in [-0.25, -0.2) is 0 Å². The first-order valence-corrected chi connectivity index (χ1v) is 6.73. The number of benzene rings is 2. The van der Waals surface area contributed by atoms with Crippen molar-refractivity contribution in [2.75, 3.05) is 11.9 Å². The van der Waals surface area contributed by atoms with Gasteiger partial charge in [-0.15, -0.1) is 0 Å². The van der Waals surface area contributed by atoms with Crippen LogP contribution in [0, 0.1) is 0 Å². The van der Waals surface area contributed by atoms with Crippen molar-refractivity contribution in [1.29, 1.82) is 0 Å². The first-order valence-electron chi connectivity index (χ1n) is 5.94. The van der Waals surface area contributed by atoms with E-state index in [-0.39, 0.29) is 0 Å². The summed E-state index contributed by atoms with van der Waals surface area (Å²) >= 11 is 3.58. The number of rotatable bonds is 4. The van der Waals surface area contributed by atoms with Crippen molar-refractivity contribution < 1.29 is 0 Å². The van der Waals surface area contributed by atoms with Crippen molar-refractivity contribution in [3.05, 3.63) is 64.1 Å². The van der Waals surface area contributed by atoms with Crippen LogP contribution in [-0.4, -0.2) is 7.05 Å². The standard InChI is InChI=1S/C15H17BrN2/c1-18(15-8-3-2-7-14(15)16)11-13-6-4-5-12(9-13)10-17/h2-9H,10-11,17H2,1H3. The molecule has 0 heterocycles. The van der Waals surface area contributed by atoms with Crippen LogP contribution < -0.4 is 10.6 Å². The van der Waals surface area contributed by atoms with Gasteiger partial charge >= 0.3 is 0 Å². The summed E-state index contributed by atoms with van der Waals surface area (Å²) in [5, 5.41) is 0. The van der Waals surface area contributed by atoms with Gasteiger partial charge in [0, 0.05) is 24.6 Å². The maximum atomic E-state index is 5.66. The molecule has 2 rings (SSSR count). The van der Waals surface area contributed by atoms with Gasteiger partial charge in [0.25, 0.3) is 0 Å². The molecule has 0 amide bonds. The molecule has 2 aromatic rings. The Morgan fingerprint density at radius 2 is 1.78 bits per heavy atom. The molecule has 0 saturated heterocycles. The minimum Gasteiger partial charge on any atom is -0.369 e. The fourth-order valence-corrected chi connectivity index (χ4v) is 2.56. The maximum absolute atomic E-state index is 5.66. The van der Waals surface area contributed by atoms with Crippen LogP contribution in [0.3, 0.4) is 0 Å². The molecular weight excluding hydrogens is 288 g/mol. The fraction of sp³-hybridized carbons (Fsp3) is 0.200. The second-order valence-corrected chi connectivity index (χ2v) is 5.19. The van der Waals surface area contributed by atoms with Gasteiger partial charge in [-0.3, -0.25) is 0 Å². The van der Waals surface area contributed by atoms with Crippen LogP contribution in [-0.2, 0) is 13.1 Å². The molecule has 94 valence electrons. The molecule has 3 heteroatoms. The maximum Gasteiger partial charge on any atom is 0.0511 e. The summed E-state index contributed by atoms with van der Waals surface area (Å²) in [6, 6.07) is 16.6. The second-order valence-electron chi connectivity index (χ2n) is 4.33. The van der Waals surface area contributed by atoms with Crippen molar-refractivity contribution >= 4 is 21.6 Å². The minimum atomic E-state index is 0.590. The molecule has 2 N–H and O–H groups in total. The number of hydrogen-bond acceptors (Lipinski definition) is 2. The zero-order chi connectivity index (χ0) is 13.0. The van der Waals surface area contributed by atoms with Gasteiger partial charge in [0.1, 0.15) is 0 Å². The van der Waals surface area contributed by atoms with Gasteiger partial charge < -0.3 is 10.6 Å². The van der Waals surface area contributed by atoms with Crippen molar-refractivity contribution in [3.63, 3.8) is 0 Å². The average Bonchev–Trinajstić information content (AvgIpc) is 2.39. The Morgan fingerprint density at radius 3 is 2.50 bits per heavy atom. The Bertz CT molecular complexity index is 525. The van der Waals surface area contributed by atoms with E-state index >= 15 is 0 Å². The summed E-state index contributed by atoms with van der Waals surface area (Å²) in [5.74, 6) is 0. The highest BCUT2D eigenvalue weighted by atomic mass is 79.9. The molecule has 0 fully saturated rings. The second kappa shape index (κ2) is 6.03. The van der Waals surface area contributed by atoms with Crippen LogP contribution in [0.25, 0.3) is 0 Å². The quantitative estimate of drug-likeness (QED) is 0.936.